The fourth-order valence-electron chi connectivity index (χ4n) is 10.1. The number of ether oxygens (including phenoxy) is 2. The van der Waals surface area contributed by atoms with Crippen molar-refractivity contribution in [3.63, 3.8) is 0 Å². The smallest absolute Gasteiger partial charge is 0.310 e. The van der Waals surface area contributed by atoms with Gasteiger partial charge in [0.15, 0.2) is 0 Å². The number of aromatic hydroxyl groups is 2. The maximum Gasteiger partial charge on any atom is 0.310 e. The first-order valence-corrected chi connectivity index (χ1v) is 22.9. The second-order valence-electron chi connectivity index (χ2n) is 18.2. The van der Waals surface area contributed by atoms with Crippen LogP contribution in [0.3, 0.4) is 0 Å². The zero-order chi connectivity index (χ0) is 44.7. The molecule has 0 amide bonds. The average Bonchev–Trinajstić information content (AvgIpc) is 4.06. The molecule has 0 radical (unpaired) electrons. The number of phenolic OH excluding ortho intramolecular Hbond substituents is 2. The molecule has 2 saturated carbocycles. The molecule has 8 heteroatoms. The van der Waals surface area contributed by atoms with Crippen molar-refractivity contribution in [2.45, 2.75) is 52.2 Å². The van der Waals surface area contributed by atoms with Crippen molar-refractivity contribution in [2.75, 3.05) is 13.2 Å². The lowest BCUT2D eigenvalue weighted by atomic mass is 9.91. The fourth-order valence-corrected chi connectivity index (χ4v) is 10.1. The minimum atomic E-state index is -0.266. The number of hydrogen-bond acceptors (Lipinski definition) is 7. The lowest BCUT2D eigenvalue weighted by Crippen LogP contribution is -2.17. The van der Waals surface area contributed by atoms with Crippen LogP contribution in [-0.2, 0) is 33.8 Å². The number of allylic oxidation sites excluding steroid dienone is 4. The van der Waals surface area contributed by atoms with Gasteiger partial charge >= 0.3 is 5.97 Å². The molecule has 65 heavy (non-hydrogen) atoms. The molecule has 1 aromatic heterocycles. The number of aryl methyl sites for hydroxylation is 1. The van der Waals surface area contributed by atoms with Gasteiger partial charge in [-0.05, 0) is 118 Å². The molecule has 2 aliphatic carbocycles. The summed E-state index contributed by atoms with van der Waals surface area (Å²) in [6.45, 7) is 8.38. The van der Waals surface area contributed by atoms with Crippen molar-refractivity contribution in [2.24, 2.45) is 35.5 Å². The second-order valence-corrected chi connectivity index (χ2v) is 18.2. The zero-order valence-corrected chi connectivity index (χ0v) is 37.0. The van der Waals surface area contributed by atoms with E-state index in [0.717, 1.165) is 58.5 Å². The number of phenols is 2. The summed E-state index contributed by atoms with van der Waals surface area (Å²) >= 11 is 0. The summed E-state index contributed by atoms with van der Waals surface area (Å²) in [6.07, 6.45) is 17.7. The largest absolute Gasteiger partial charge is 0.507 e. The minimum Gasteiger partial charge on any atom is -0.507 e. The van der Waals surface area contributed by atoms with Gasteiger partial charge in [-0.1, -0.05) is 150 Å². The molecule has 0 bridgehead atoms. The van der Waals surface area contributed by atoms with Crippen LogP contribution in [0.1, 0.15) is 53.6 Å². The molecular formula is C57H57N3O5. The lowest BCUT2D eigenvalue weighted by Gasteiger charge is -2.16. The van der Waals surface area contributed by atoms with Crippen LogP contribution in [-0.4, -0.2) is 44.4 Å². The summed E-state index contributed by atoms with van der Waals surface area (Å²) in [5, 5.41) is 34.2. The van der Waals surface area contributed by atoms with Gasteiger partial charge in [0.1, 0.15) is 17.2 Å². The molecule has 2 fully saturated rings. The first-order chi connectivity index (χ1) is 31.8. The Balaban J connectivity index is 0.794. The van der Waals surface area contributed by atoms with E-state index in [-0.39, 0.29) is 35.7 Å². The van der Waals surface area contributed by atoms with E-state index in [1.165, 1.54) is 16.7 Å². The van der Waals surface area contributed by atoms with Crippen LogP contribution in [0.5, 0.6) is 11.5 Å². The van der Waals surface area contributed by atoms with E-state index in [1.807, 2.05) is 77.6 Å². The van der Waals surface area contributed by atoms with Crippen LogP contribution in [0.4, 0.5) is 0 Å². The molecule has 1 heterocycles. The molecule has 0 aliphatic heterocycles. The molecule has 8 nitrogen and oxygen atoms in total. The number of aromatic nitrogens is 3. The summed E-state index contributed by atoms with van der Waals surface area (Å²) in [6, 6.07) is 39.6. The van der Waals surface area contributed by atoms with Gasteiger partial charge in [0, 0.05) is 11.1 Å². The number of benzene rings is 6. The molecule has 2 aliphatic rings. The Labute approximate surface area is 381 Å². The first kappa shape index (κ1) is 43.5. The highest BCUT2D eigenvalue weighted by Crippen LogP contribution is 2.45. The SMILES string of the molecule is C=CC1CC(/C=C/C2CC(/C=C/c3ccccc3)C(COCc3cn(Cc4ccc(C)cc4)nn3)C2)CC1COC(=O)Cc1ccc2c(-c3c(O)ccc4ccccc34)c(O)ccc2c1. The monoisotopic (exact) mass is 863 g/mol. The first-order valence-electron chi connectivity index (χ1n) is 22.9. The van der Waals surface area contributed by atoms with Gasteiger partial charge in [0.25, 0.3) is 0 Å². The van der Waals surface area contributed by atoms with Gasteiger partial charge in [-0.2, -0.15) is 0 Å². The quantitative estimate of drug-likeness (QED) is 0.0736. The number of fused-ring (bicyclic) bond motifs is 2. The molecule has 6 atom stereocenters. The third kappa shape index (κ3) is 10.5. The third-order valence-corrected chi connectivity index (χ3v) is 13.5. The highest BCUT2D eigenvalue weighted by atomic mass is 16.5. The maximum atomic E-state index is 13.3. The predicted octanol–water partition coefficient (Wildman–Crippen LogP) is 12.1. The fraction of sp³-hybridized carbons (Fsp3) is 0.281. The zero-order valence-electron chi connectivity index (χ0n) is 37.0. The summed E-state index contributed by atoms with van der Waals surface area (Å²) in [5.41, 5.74) is 6.45. The van der Waals surface area contributed by atoms with Gasteiger partial charge in [0.2, 0.25) is 0 Å². The van der Waals surface area contributed by atoms with E-state index in [4.69, 9.17) is 9.47 Å². The molecule has 9 rings (SSSR count). The van der Waals surface area contributed by atoms with E-state index in [2.05, 4.69) is 96.6 Å². The normalized spacial score (nSPS) is 20.9. The molecule has 6 aromatic carbocycles. The molecule has 0 spiro atoms. The number of carbonyl (C=O) groups is 1. The summed E-state index contributed by atoms with van der Waals surface area (Å²) in [5.74, 6) is 2.02. The van der Waals surface area contributed by atoms with E-state index in [1.54, 1.807) is 12.1 Å². The van der Waals surface area contributed by atoms with Gasteiger partial charge < -0.3 is 19.7 Å². The van der Waals surface area contributed by atoms with Gasteiger partial charge in [-0.3, -0.25) is 4.79 Å². The number of rotatable bonds is 16. The molecule has 6 unspecified atom stereocenters. The Morgan fingerprint density at radius 3 is 2.14 bits per heavy atom. The van der Waals surface area contributed by atoms with E-state index in [9.17, 15) is 15.0 Å². The van der Waals surface area contributed by atoms with Crippen LogP contribution in [0.15, 0.2) is 158 Å². The van der Waals surface area contributed by atoms with Crippen LogP contribution < -0.4 is 0 Å². The molecule has 330 valence electrons. The Bertz CT molecular complexity index is 2830. The summed E-state index contributed by atoms with van der Waals surface area (Å²) in [4.78, 5) is 13.3. The summed E-state index contributed by atoms with van der Waals surface area (Å²) in [7, 11) is 0. The van der Waals surface area contributed by atoms with E-state index >= 15 is 0 Å². The number of nitrogens with zero attached hydrogens (tertiary/aromatic N) is 3. The second kappa shape index (κ2) is 20.0. The lowest BCUT2D eigenvalue weighted by molar-refractivity contribution is -0.144. The van der Waals surface area contributed by atoms with Crippen molar-refractivity contribution in [1.82, 2.24) is 15.0 Å². The van der Waals surface area contributed by atoms with E-state index < -0.39 is 0 Å². The van der Waals surface area contributed by atoms with Gasteiger partial charge in [0.05, 0.1) is 39.0 Å². The average molecular weight is 864 g/mol. The highest BCUT2D eigenvalue weighted by molar-refractivity contribution is 6.09. The topological polar surface area (TPSA) is 107 Å². The number of esters is 1. The molecule has 0 saturated heterocycles. The van der Waals surface area contributed by atoms with Crippen molar-refractivity contribution < 1.29 is 24.5 Å². The standard InChI is InChI=1S/C57H57N3O5/c1-3-44-27-41(31-49(44)36-65-55(63)32-43-20-24-52-47(29-43)23-26-54(62)57(52)56-51-12-8-7-11-45(51)22-25-53(56)61)17-18-42-28-46(21-19-39-9-5-4-6-10-39)48(30-42)35-64-37-50-34-60(59-58-50)33-40-15-13-38(2)14-16-40/h3-26,29,34,41-42,44,46,48-49,61-62H,1,27-28,30-33,35-37H2,2H3/b18-17+,21-19+. The van der Waals surface area contributed by atoms with Crippen molar-refractivity contribution in [1.29, 1.82) is 0 Å². The van der Waals surface area contributed by atoms with E-state index in [0.29, 0.717) is 61.2 Å². The Kier molecular flexibility index (Phi) is 13.3. The van der Waals surface area contributed by atoms with Crippen molar-refractivity contribution in [3.8, 4) is 22.6 Å². The highest BCUT2D eigenvalue weighted by Gasteiger charge is 2.34. The van der Waals surface area contributed by atoms with Crippen LogP contribution in [0.2, 0.25) is 0 Å². The van der Waals surface area contributed by atoms with Gasteiger partial charge in [-0.25, -0.2) is 4.68 Å². The molecule has 7 aromatic rings. The third-order valence-electron chi connectivity index (χ3n) is 13.5. The Morgan fingerprint density at radius 1 is 0.723 bits per heavy atom. The van der Waals surface area contributed by atoms with Crippen LogP contribution >= 0.6 is 0 Å². The molecule has 2 N–H and O–H groups in total. The maximum absolute atomic E-state index is 13.3. The van der Waals surface area contributed by atoms with Gasteiger partial charge in [-0.15, -0.1) is 11.7 Å². The Hall–Kier alpha value is -6.77. The number of carbonyl (C=O) groups excluding carboxylic acids is 1. The predicted molar refractivity (Wildman–Crippen MR) is 259 cm³/mol. The number of hydrogen-bond donors (Lipinski definition) is 2. The minimum absolute atomic E-state index is 0.0826. The Morgan fingerprint density at radius 2 is 1.38 bits per heavy atom. The molecular weight excluding hydrogens is 807 g/mol. The summed E-state index contributed by atoms with van der Waals surface area (Å²) < 4.78 is 14.2. The van der Waals surface area contributed by atoms with Crippen molar-refractivity contribution in [3.05, 3.63) is 186 Å². The van der Waals surface area contributed by atoms with Crippen LogP contribution in [0, 0.1) is 42.4 Å². The van der Waals surface area contributed by atoms with Crippen molar-refractivity contribution >= 4 is 33.6 Å². The van der Waals surface area contributed by atoms with Crippen LogP contribution in [0.25, 0.3) is 38.7 Å².